The fourth-order valence-electron chi connectivity index (χ4n) is 1.64. The minimum absolute atomic E-state index is 0.391. The van der Waals surface area contributed by atoms with Crippen LogP contribution < -0.4 is 5.73 Å². The van der Waals surface area contributed by atoms with Gasteiger partial charge in [0.1, 0.15) is 5.56 Å². The number of nitrogens with one attached hydrogen (secondary N) is 1. The molecule has 0 atom stereocenters. The Morgan fingerprint density at radius 3 is 3.06 bits per heavy atom. The van der Waals surface area contributed by atoms with E-state index in [0.29, 0.717) is 17.7 Å². The average molecular weight is 231 g/mol. The van der Waals surface area contributed by atoms with E-state index in [2.05, 4.69) is 14.9 Å². The van der Waals surface area contributed by atoms with Crippen LogP contribution in [0.1, 0.15) is 21.6 Å². The number of esters is 1. The highest BCUT2D eigenvalue weighted by molar-refractivity contribution is 5.90. The van der Waals surface area contributed by atoms with Gasteiger partial charge in [-0.05, 0) is 17.7 Å². The number of aromatic nitrogens is 2. The molecule has 88 valence electrons. The van der Waals surface area contributed by atoms with Crippen molar-refractivity contribution >= 4 is 11.7 Å². The van der Waals surface area contributed by atoms with E-state index in [-0.39, 0.29) is 0 Å². The number of hydrogen-bond acceptors (Lipinski definition) is 4. The van der Waals surface area contributed by atoms with Gasteiger partial charge in [-0.15, -0.1) is 0 Å². The number of carbonyl (C=O) groups excluding carboxylic acids is 1. The summed E-state index contributed by atoms with van der Waals surface area (Å²) in [6.07, 6.45) is 2.03. The van der Waals surface area contributed by atoms with Gasteiger partial charge < -0.3 is 10.5 Å². The average Bonchev–Trinajstić information content (AvgIpc) is 2.76. The van der Waals surface area contributed by atoms with E-state index in [4.69, 9.17) is 5.73 Å². The molecule has 17 heavy (non-hydrogen) atoms. The molecule has 5 nitrogen and oxygen atoms in total. The number of ether oxygens (including phenoxy) is 1. The van der Waals surface area contributed by atoms with Gasteiger partial charge in [0.2, 0.25) is 0 Å². The van der Waals surface area contributed by atoms with Crippen LogP contribution in [-0.2, 0) is 11.2 Å². The molecule has 2 aromatic rings. The molecule has 2 rings (SSSR count). The highest BCUT2D eigenvalue weighted by atomic mass is 16.5. The minimum atomic E-state index is -0.391. The highest BCUT2D eigenvalue weighted by Gasteiger charge is 2.14. The summed E-state index contributed by atoms with van der Waals surface area (Å²) in [5.41, 5.74) is 8.58. The third-order valence-corrected chi connectivity index (χ3v) is 2.46. The Balaban J connectivity index is 2.25. The standard InChI is InChI=1S/C12H13N3O2/c1-17-12(16)10-7-14-15-11(10)6-8-3-2-4-9(13)5-8/h2-5,7H,6,13H2,1H3,(H,14,15). The van der Waals surface area contributed by atoms with Crippen molar-refractivity contribution in [1.82, 2.24) is 10.2 Å². The van der Waals surface area contributed by atoms with Crippen molar-refractivity contribution in [3.8, 4) is 0 Å². The summed E-state index contributed by atoms with van der Waals surface area (Å²) < 4.78 is 4.67. The number of carbonyl (C=O) groups is 1. The molecule has 0 aliphatic rings. The first-order valence-corrected chi connectivity index (χ1v) is 5.15. The van der Waals surface area contributed by atoms with Crippen LogP contribution >= 0.6 is 0 Å². The van der Waals surface area contributed by atoms with Gasteiger partial charge in [-0.3, -0.25) is 5.10 Å². The fourth-order valence-corrected chi connectivity index (χ4v) is 1.64. The molecule has 1 aromatic carbocycles. The Morgan fingerprint density at radius 1 is 1.53 bits per heavy atom. The zero-order valence-corrected chi connectivity index (χ0v) is 9.43. The lowest BCUT2D eigenvalue weighted by atomic mass is 10.1. The van der Waals surface area contributed by atoms with E-state index < -0.39 is 5.97 Å². The van der Waals surface area contributed by atoms with Crippen LogP contribution in [0, 0.1) is 0 Å². The molecule has 0 bridgehead atoms. The maximum Gasteiger partial charge on any atom is 0.341 e. The summed E-state index contributed by atoms with van der Waals surface area (Å²) >= 11 is 0. The van der Waals surface area contributed by atoms with Gasteiger partial charge >= 0.3 is 5.97 Å². The zero-order valence-electron chi connectivity index (χ0n) is 9.43. The van der Waals surface area contributed by atoms with Gasteiger partial charge in [0.25, 0.3) is 0 Å². The lowest BCUT2D eigenvalue weighted by Gasteiger charge is -2.03. The quantitative estimate of drug-likeness (QED) is 0.617. The second-order valence-electron chi connectivity index (χ2n) is 3.68. The van der Waals surface area contributed by atoms with Gasteiger partial charge in [0.05, 0.1) is 19.0 Å². The van der Waals surface area contributed by atoms with Crippen LogP contribution in [0.15, 0.2) is 30.5 Å². The number of hydrogen-bond donors (Lipinski definition) is 2. The minimum Gasteiger partial charge on any atom is -0.465 e. The number of nitrogens with zero attached hydrogens (tertiary/aromatic N) is 1. The van der Waals surface area contributed by atoms with Gasteiger partial charge in [-0.1, -0.05) is 12.1 Å². The summed E-state index contributed by atoms with van der Waals surface area (Å²) in [5.74, 6) is -0.391. The number of aromatic amines is 1. The highest BCUT2D eigenvalue weighted by Crippen LogP contribution is 2.14. The number of nitrogens with two attached hydrogens (primary N) is 1. The van der Waals surface area contributed by atoms with Crippen LogP contribution in [0.3, 0.4) is 0 Å². The van der Waals surface area contributed by atoms with E-state index >= 15 is 0 Å². The van der Waals surface area contributed by atoms with Crippen molar-refractivity contribution in [2.45, 2.75) is 6.42 Å². The summed E-state index contributed by atoms with van der Waals surface area (Å²) in [6, 6.07) is 7.50. The van der Waals surface area contributed by atoms with Crippen molar-refractivity contribution in [3.05, 3.63) is 47.3 Å². The Bertz CT molecular complexity index is 534. The van der Waals surface area contributed by atoms with Crippen molar-refractivity contribution in [3.63, 3.8) is 0 Å². The second kappa shape index (κ2) is 4.69. The van der Waals surface area contributed by atoms with Crippen molar-refractivity contribution in [2.75, 3.05) is 12.8 Å². The number of nitrogen functional groups attached to an aromatic ring is 1. The fraction of sp³-hybridized carbons (Fsp3) is 0.167. The first kappa shape index (κ1) is 11.2. The van der Waals surface area contributed by atoms with Crippen molar-refractivity contribution in [1.29, 1.82) is 0 Å². The Morgan fingerprint density at radius 2 is 2.35 bits per heavy atom. The molecule has 0 amide bonds. The molecule has 5 heteroatoms. The van der Waals surface area contributed by atoms with Gasteiger partial charge in [0, 0.05) is 12.1 Å². The third-order valence-electron chi connectivity index (χ3n) is 2.46. The van der Waals surface area contributed by atoms with Gasteiger partial charge in [0.15, 0.2) is 0 Å². The van der Waals surface area contributed by atoms with Crippen LogP contribution in [-0.4, -0.2) is 23.3 Å². The van der Waals surface area contributed by atoms with Crippen molar-refractivity contribution < 1.29 is 9.53 Å². The number of methoxy groups -OCH3 is 1. The van der Waals surface area contributed by atoms with Gasteiger partial charge in [-0.2, -0.15) is 5.10 Å². The van der Waals surface area contributed by atoms with E-state index in [0.717, 1.165) is 11.3 Å². The Kier molecular flexibility index (Phi) is 3.09. The second-order valence-corrected chi connectivity index (χ2v) is 3.68. The van der Waals surface area contributed by atoms with E-state index in [1.165, 1.54) is 13.3 Å². The van der Waals surface area contributed by atoms with Crippen LogP contribution in [0.5, 0.6) is 0 Å². The molecule has 0 saturated heterocycles. The smallest absolute Gasteiger partial charge is 0.341 e. The van der Waals surface area contributed by atoms with Crippen LogP contribution in [0.25, 0.3) is 0 Å². The molecule has 1 heterocycles. The number of anilines is 1. The first-order valence-electron chi connectivity index (χ1n) is 5.15. The van der Waals surface area contributed by atoms with E-state index in [1.54, 1.807) is 0 Å². The molecule has 3 N–H and O–H groups in total. The molecule has 0 unspecified atom stereocenters. The summed E-state index contributed by atoms with van der Waals surface area (Å²) in [7, 11) is 1.35. The molecular formula is C12H13N3O2. The molecule has 0 aliphatic heterocycles. The molecule has 1 aromatic heterocycles. The number of benzene rings is 1. The molecule has 0 spiro atoms. The molecule has 0 aliphatic carbocycles. The monoisotopic (exact) mass is 231 g/mol. The normalized spacial score (nSPS) is 10.2. The number of rotatable bonds is 3. The topological polar surface area (TPSA) is 81.0 Å². The predicted octanol–water partition coefficient (Wildman–Crippen LogP) is 1.37. The third kappa shape index (κ3) is 2.44. The van der Waals surface area contributed by atoms with Crippen molar-refractivity contribution in [2.24, 2.45) is 0 Å². The largest absolute Gasteiger partial charge is 0.465 e. The van der Waals surface area contributed by atoms with E-state index in [9.17, 15) is 4.79 Å². The predicted molar refractivity (Wildman–Crippen MR) is 63.6 cm³/mol. The first-order chi connectivity index (χ1) is 8.20. The SMILES string of the molecule is COC(=O)c1cn[nH]c1Cc1cccc(N)c1. The molecular weight excluding hydrogens is 218 g/mol. The Labute approximate surface area is 98.6 Å². The summed E-state index contributed by atoms with van der Waals surface area (Å²) in [6.45, 7) is 0. The number of H-pyrrole nitrogens is 1. The van der Waals surface area contributed by atoms with Crippen LogP contribution in [0.2, 0.25) is 0 Å². The lowest BCUT2D eigenvalue weighted by molar-refractivity contribution is 0.0599. The molecule has 0 fully saturated rings. The molecule has 0 saturated carbocycles. The van der Waals surface area contributed by atoms with Gasteiger partial charge in [-0.25, -0.2) is 4.79 Å². The zero-order chi connectivity index (χ0) is 12.3. The Hall–Kier alpha value is -2.30. The van der Waals surface area contributed by atoms with Crippen LogP contribution in [0.4, 0.5) is 5.69 Å². The maximum absolute atomic E-state index is 11.4. The molecule has 0 radical (unpaired) electrons. The van der Waals surface area contributed by atoms with E-state index in [1.807, 2.05) is 24.3 Å². The lowest BCUT2D eigenvalue weighted by Crippen LogP contribution is -2.04. The maximum atomic E-state index is 11.4. The summed E-state index contributed by atoms with van der Waals surface area (Å²) in [5, 5.41) is 6.65. The summed E-state index contributed by atoms with van der Waals surface area (Å²) in [4.78, 5) is 11.4.